The van der Waals surface area contributed by atoms with Gasteiger partial charge in [-0.05, 0) is 52.0 Å². The van der Waals surface area contributed by atoms with Crippen LogP contribution in [-0.2, 0) is 23.4 Å². The topological polar surface area (TPSA) is 141 Å². The van der Waals surface area contributed by atoms with E-state index in [1.807, 2.05) is 0 Å². The predicted octanol–water partition coefficient (Wildman–Crippen LogP) is 3.03. The molecule has 1 aliphatic rings. The van der Waals surface area contributed by atoms with E-state index in [-0.39, 0.29) is 10.5 Å². The number of carbonyl (C=O) groups is 1. The van der Waals surface area contributed by atoms with E-state index in [1.165, 1.54) is 32.2 Å². The van der Waals surface area contributed by atoms with Crippen molar-refractivity contribution in [2.75, 3.05) is 6.61 Å². The number of benzene rings is 1. The van der Waals surface area contributed by atoms with Crippen molar-refractivity contribution in [3.05, 3.63) is 57.7 Å². The van der Waals surface area contributed by atoms with Crippen LogP contribution in [0.3, 0.4) is 0 Å². The third-order valence-electron chi connectivity index (χ3n) is 5.26. The zero-order chi connectivity index (χ0) is 26.7. The molecule has 2 heterocycles. The molecule has 1 aromatic heterocycles. The van der Waals surface area contributed by atoms with Crippen molar-refractivity contribution in [1.82, 2.24) is 14.6 Å². The van der Waals surface area contributed by atoms with Gasteiger partial charge in [0.15, 0.2) is 17.2 Å². The van der Waals surface area contributed by atoms with Gasteiger partial charge in [0, 0.05) is 12.3 Å². The number of aromatic nitrogens is 2. The Hall–Kier alpha value is -2.41. The van der Waals surface area contributed by atoms with E-state index in [1.54, 1.807) is 32.0 Å². The van der Waals surface area contributed by atoms with E-state index in [9.17, 15) is 19.3 Å². The van der Waals surface area contributed by atoms with Crippen LogP contribution in [0.25, 0.3) is 0 Å². The van der Waals surface area contributed by atoms with Gasteiger partial charge in [-0.25, -0.2) is 8.96 Å². The molecule has 0 spiro atoms. The lowest BCUT2D eigenvalue weighted by Crippen LogP contribution is -2.44. The van der Waals surface area contributed by atoms with Crippen LogP contribution in [-0.4, -0.2) is 57.3 Å². The van der Waals surface area contributed by atoms with Crippen molar-refractivity contribution in [3.8, 4) is 5.75 Å². The second-order valence-electron chi connectivity index (χ2n) is 8.74. The fraction of sp³-hybridized carbons (Fsp3) is 0.500. The molecule has 11 nitrogen and oxygen atoms in total. The number of hydrogen-bond acceptors (Lipinski definition) is 9. The van der Waals surface area contributed by atoms with Gasteiger partial charge in [0.2, 0.25) is 0 Å². The van der Waals surface area contributed by atoms with E-state index in [0.717, 1.165) is 10.6 Å². The van der Waals surface area contributed by atoms with Crippen LogP contribution in [0, 0.1) is 4.77 Å². The normalized spacial score (nSPS) is 26.4. The summed E-state index contributed by atoms with van der Waals surface area (Å²) >= 11 is 5.07. The zero-order valence-electron chi connectivity index (χ0n) is 20.1. The monoisotopic (exact) mass is 545 g/mol. The molecular weight excluding hydrogens is 516 g/mol. The molecule has 0 aliphatic carbocycles. The number of aliphatic hydroxyl groups excluding tert-OH is 1. The summed E-state index contributed by atoms with van der Waals surface area (Å²) in [6, 6.07) is 8.12. The number of aliphatic hydroxyl groups is 1. The van der Waals surface area contributed by atoms with Crippen LogP contribution in [0.2, 0.25) is 0 Å². The number of hydrogen-bond donors (Lipinski definition) is 3. The number of alkyl halides is 1. The molecule has 0 radical (unpaired) electrons. The Balaban J connectivity index is 1.81. The van der Waals surface area contributed by atoms with Gasteiger partial charge in [0.25, 0.3) is 5.56 Å². The van der Waals surface area contributed by atoms with Crippen molar-refractivity contribution in [3.63, 3.8) is 0 Å². The molecule has 2 aromatic rings. The first kappa shape index (κ1) is 28.2. The Kier molecular flexibility index (Phi) is 8.86. The quantitative estimate of drug-likeness (QED) is 0.232. The summed E-state index contributed by atoms with van der Waals surface area (Å²) in [7, 11) is -4.28. The summed E-state index contributed by atoms with van der Waals surface area (Å²) in [4.78, 5) is 26.1. The smallest absolute Gasteiger partial charge is 0.459 e. The van der Waals surface area contributed by atoms with Gasteiger partial charge in [-0.2, -0.15) is 5.09 Å². The minimum absolute atomic E-state index is 0.107. The molecule has 1 aromatic carbocycles. The van der Waals surface area contributed by atoms with Gasteiger partial charge in [-0.15, -0.1) is 0 Å². The lowest BCUT2D eigenvalue weighted by Gasteiger charge is -2.30. The number of nitrogens with one attached hydrogen (secondary N) is 2. The number of ether oxygens (including phenoxy) is 2. The van der Waals surface area contributed by atoms with Crippen molar-refractivity contribution in [2.45, 2.75) is 63.9 Å². The number of halogens is 1. The lowest BCUT2D eigenvalue weighted by molar-refractivity contribution is -0.149. The molecule has 1 unspecified atom stereocenters. The molecule has 3 rings (SSSR count). The maximum Gasteiger partial charge on any atom is 0.459 e. The van der Waals surface area contributed by atoms with E-state index < -0.39 is 62.1 Å². The van der Waals surface area contributed by atoms with Gasteiger partial charge in [-0.1, -0.05) is 18.2 Å². The maximum absolute atomic E-state index is 15.1. The number of nitrogens with zero attached hydrogens (tertiary/aromatic N) is 1. The second kappa shape index (κ2) is 11.3. The molecule has 36 heavy (non-hydrogen) atoms. The minimum atomic E-state index is -4.28. The number of H-pyrrole nitrogens is 1. The van der Waals surface area contributed by atoms with Crippen LogP contribution in [0.5, 0.6) is 5.75 Å². The summed E-state index contributed by atoms with van der Waals surface area (Å²) in [5, 5.41) is 13.1. The van der Waals surface area contributed by atoms with Crippen LogP contribution >= 0.6 is 20.0 Å². The largest absolute Gasteiger partial charge is 0.462 e. The number of rotatable bonds is 10. The van der Waals surface area contributed by atoms with E-state index >= 15 is 4.39 Å². The Morgan fingerprint density at radius 3 is 2.61 bits per heavy atom. The highest BCUT2D eigenvalue weighted by atomic mass is 32.1. The lowest BCUT2D eigenvalue weighted by atomic mass is 9.99. The number of para-hydroxylation sites is 1. The summed E-state index contributed by atoms with van der Waals surface area (Å²) < 4.78 is 51.8. The average Bonchev–Trinajstić information content (AvgIpc) is 3.02. The van der Waals surface area contributed by atoms with E-state index in [0.29, 0.717) is 0 Å². The Morgan fingerprint density at radius 1 is 1.33 bits per heavy atom. The number of carbonyl (C=O) groups excluding carboxylic acids is 1. The van der Waals surface area contributed by atoms with E-state index in [4.69, 9.17) is 30.7 Å². The first-order valence-corrected chi connectivity index (χ1v) is 13.1. The Bertz CT molecular complexity index is 1230. The zero-order valence-corrected chi connectivity index (χ0v) is 21.8. The molecule has 198 valence electrons. The second-order valence-corrected chi connectivity index (χ2v) is 10.8. The maximum atomic E-state index is 15.1. The fourth-order valence-corrected chi connectivity index (χ4v) is 5.26. The molecular formula is C22H29FN3O8PS. The van der Waals surface area contributed by atoms with Crippen molar-refractivity contribution >= 4 is 25.9 Å². The van der Waals surface area contributed by atoms with Gasteiger partial charge >= 0.3 is 13.7 Å². The van der Waals surface area contributed by atoms with Crippen molar-refractivity contribution in [1.29, 1.82) is 0 Å². The fourth-order valence-electron chi connectivity index (χ4n) is 3.41. The highest BCUT2D eigenvalue weighted by Crippen LogP contribution is 2.48. The molecule has 0 saturated carbocycles. The predicted molar refractivity (Wildman–Crippen MR) is 130 cm³/mol. The summed E-state index contributed by atoms with van der Waals surface area (Å²) in [5.74, 6) is -0.512. The van der Waals surface area contributed by atoms with Gasteiger partial charge in [0.05, 0.1) is 12.7 Å². The molecule has 14 heteroatoms. The molecule has 0 amide bonds. The Labute approximate surface area is 212 Å². The minimum Gasteiger partial charge on any atom is -0.462 e. The van der Waals surface area contributed by atoms with Crippen molar-refractivity contribution < 1.29 is 37.4 Å². The summed E-state index contributed by atoms with van der Waals surface area (Å²) in [5.41, 5.74) is -2.18. The third kappa shape index (κ3) is 6.67. The van der Waals surface area contributed by atoms with Crippen LogP contribution in [0.4, 0.5) is 4.39 Å². The number of aromatic amines is 1. The molecule has 1 aliphatic heterocycles. The standard InChI is InChI=1S/C22H29FN3O8PS/c1-13(2)32-20(29)14(3)25-35(30,34-15-8-6-5-7-9-15)31-12-22(4)18(28)17(23)19(33-22)26-11-10-16(27)24-21(26)36/h5-11,13-14,17-19,28H,12H2,1-4H3,(H,25,30)(H,24,27,36)/t14-,17-,18+,19+,22+,35?/m0/s1. The average molecular weight is 546 g/mol. The molecule has 0 bridgehead atoms. The highest BCUT2D eigenvalue weighted by molar-refractivity contribution is 7.71. The summed E-state index contributed by atoms with van der Waals surface area (Å²) in [6.45, 7) is 5.52. The highest BCUT2D eigenvalue weighted by Gasteiger charge is 2.54. The first-order chi connectivity index (χ1) is 16.8. The first-order valence-electron chi connectivity index (χ1n) is 11.1. The van der Waals surface area contributed by atoms with Crippen LogP contribution < -0.4 is 15.2 Å². The van der Waals surface area contributed by atoms with Gasteiger partial charge < -0.3 is 19.1 Å². The number of esters is 1. The van der Waals surface area contributed by atoms with Gasteiger partial charge in [0.1, 0.15) is 23.5 Å². The molecule has 1 fully saturated rings. The summed E-state index contributed by atoms with van der Waals surface area (Å²) in [6.07, 6.45) is -4.23. The van der Waals surface area contributed by atoms with Crippen molar-refractivity contribution in [2.24, 2.45) is 0 Å². The van der Waals surface area contributed by atoms with Gasteiger partial charge in [-0.3, -0.25) is 23.7 Å². The Morgan fingerprint density at radius 2 is 2.00 bits per heavy atom. The van der Waals surface area contributed by atoms with Crippen LogP contribution in [0.15, 0.2) is 47.4 Å². The molecule has 6 atom stereocenters. The molecule has 3 N–H and O–H groups in total. The SMILES string of the molecule is CC(C)OC(=O)[C@H](C)NP(=O)(OC[C@@]1(C)O[C@@H](n2ccc(=O)[nH]c2=S)[C@@H](F)[C@H]1O)Oc1ccccc1. The molecule has 1 saturated heterocycles. The van der Waals surface area contributed by atoms with Crippen LogP contribution in [0.1, 0.15) is 33.9 Å². The third-order valence-corrected chi connectivity index (χ3v) is 7.20. The van der Waals surface area contributed by atoms with E-state index in [2.05, 4.69) is 10.1 Å².